The van der Waals surface area contributed by atoms with Gasteiger partial charge < -0.3 is 10.7 Å². The first-order valence-electron chi connectivity index (χ1n) is 6.88. The maximum atomic E-state index is 12.1. The summed E-state index contributed by atoms with van der Waals surface area (Å²) in [5.41, 5.74) is 2.59. The molecule has 5 nitrogen and oxygen atoms in total. The van der Waals surface area contributed by atoms with E-state index in [0.29, 0.717) is 16.8 Å². The largest absolute Gasteiger partial charge is 0.348 e. The van der Waals surface area contributed by atoms with Crippen LogP contribution in [0.3, 0.4) is 0 Å². The van der Waals surface area contributed by atoms with Gasteiger partial charge in [0.15, 0.2) is 0 Å². The number of rotatable bonds is 7. The Morgan fingerprint density at radius 2 is 2.05 bits per heavy atom. The topological polar surface area (TPSA) is 80.0 Å². The first kappa shape index (κ1) is 16.7. The quantitative estimate of drug-likeness (QED) is 0.534. The fourth-order valence-electron chi connectivity index (χ4n) is 1.88. The fourth-order valence-corrected chi connectivity index (χ4v) is 2.07. The van der Waals surface area contributed by atoms with Gasteiger partial charge in [0.1, 0.15) is 11.5 Å². The normalized spacial score (nSPS) is 12.3. The maximum Gasteiger partial charge on any atom is 0.271 e. The van der Waals surface area contributed by atoms with Crippen molar-refractivity contribution in [1.82, 2.24) is 10.3 Å². The molecule has 0 aliphatic heterocycles. The molecule has 1 aromatic heterocycles. The minimum Gasteiger partial charge on any atom is -0.348 e. The molecule has 1 amide bonds. The van der Waals surface area contributed by atoms with Crippen LogP contribution < -0.4 is 16.6 Å². The highest BCUT2D eigenvalue weighted by molar-refractivity contribution is 6.33. The van der Waals surface area contributed by atoms with Crippen LogP contribution in [0.4, 0.5) is 5.82 Å². The zero-order valence-corrected chi connectivity index (χ0v) is 13.0. The molecule has 0 aliphatic carbocycles. The van der Waals surface area contributed by atoms with Gasteiger partial charge in [0, 0.05) is 6.04 Å². The van der Waals surface area contributed by atoms with Crippen LogP contribution >= 0.6 is 11.6 Å². The molecule has 20 heavy (non-hydrogen) atoms. The average molecular weight is 299 g/mol. The number of nitrogens with two attached hydrogens (primary N) is 1. The highest BCUT2D eigenvalue weighted by Crippen LogP contribution is 2.16. The van der Waals surface area contributed by atoms with E-state index in [2.05, 4.69) is 29.6 Å². The smallest absolute Gasteiger partial charge is 0.271 e. The molecule has 0 aliphatic rings. The number of nitrogens with one attached hydrogen (secondary N) is 2. The third-order valence-electron chi connectivity index (χ3n) is 3.01. The molecule has 1 rings (SSSR count). The molecule has 0 fully saturated rings. The summed E-state index contributed by atoms with van der Waals surface area (Å²) in [5, 5.41) is 3.22. The van der Waals surface area contributed by atoms with Crippen LogP contribution in [0.15, 0.2) is 12.1 Å². The Bertz CT molecular complexity index is 451. The SMILES string of the molecule is CC(C)CCCC(C)NC(=O)c1nc(NN)ccc1Cl. The van der Waals surface area contributed by atoms with Crippen LogP contribution in [0.5, 0.6) is 0 Å². The molecule has 1 heterocycles. The van der Waals surface area contributed by atoms with Crippen molar-refractivity contribution in [2.75, 3.05) is 5.43 Å². The predicted octanol–water partition coefficient (Wildman–Crippen LogP) is 2.97. The summed E-state index contributed by atoms with van der Waals surface area (Å²) >= 11 is 5.99. The average Bonchev–Trinajstić information content (AvgIpc) is 2.38. The van der Waals surface area contributed by atoms with Gasteiger partial charge >= 0.3 is 0 Å². The van der Waals surface area contributed by atoms with Crippen LogP contribution in [0, 0.1) is 5.92 Å². The Morgan fingerprint density at radius 3 is 2.65 bits per heavy atom. The summed E-state index contributed by atoms with van der Waals surface area (Å²) in [7, 11) is 0. The van der Waals surface area contributed by atoms with Crippen molar-refractivity contribution in [3.63, 3.8) is 0 Å². The van der Waals surface area contributed by atoms with E-state index in [-0.39, 0.29) is 17.6 Å². The number of hydrogen-bond donors (Lipinski definition) is 3. The molecule has 0 saturated heterocycles. The van der Waals surface area contributed by atoms with Crippen molar-refractivity contribution in [3.8, 4) is 0 Å². The number of carbonyl (C=O) groups is 1. The predicted molar refractivity (Wildman–Crippen MR) is 82.7 cm³/mol. The summed E-state index contributed by atoms with van der Waals surface area (Å²) in [4.78, 5) is 16.2. The van der Waals surface area contributed by atoms with Gasteiger partial charge in [-0.3, -0.25) is 4.79 Å². The van der Waals surface area contributed by atoms with Crippen LogP contribution in [-0.2, 0) is 0 Å². The summed E-state index contributed by atoms with van der Waals surface area (Å²) in [6.45, 7) is 6.37. The van der Waals surface area contributed by atoms with Crippen LogP contribution in [0.2, 0.25) is 5.02 Å². The molecular weight excluding hydrogens is 276 g/mol. The van der Waals surface area contributed by atoms with Gasteiger partial charge in [-0.2, -0.15) is 0 Å². The third-order valence-corrected chi connectivity index (χ3v) is 3.31. The second-order valence-electron chi connectivity index (χ2n) is 5.37. The number of nitrogens with zero attached hydrogens (tertiary/aromatic N) is 1. The molecule has 1 aromatic rings. The Kier molecular flexibility index (Phi) is 6.75. The van der Waals surface area contributed by atoms with Crippen molar-refractivity contribution < 1.29 is 4.79 Å². The molecule has 0 spiro atoms. The number of amides is 1. The van der Waals surface area contributed by atoms with Gasteiger partial charge in [-0.1, -0.05) is 38.3 Å². The summed E-state index contributed by atoms with van der Waals surface area (Å²) in [6, 6.07) is 3.31. The van der Waals surface area contributed by atoms with E-state index in [1.807, 2.05) is 6.92 Å². The summed E-state index contributed by atoms with van der Waals surface area (Å²) < 4.78 is 0. The maximum absolute atomic E-state index is 12.1. The lowest BCUT2D eigenvalue weighted by atomic mass is 10.0. The second-order valence-corrected chi connectivity index (χ2v) is 5.78. The van der Waals surface area contributed by atoms with Crippen molar-refractivity contribution in [2.45, 2.75) is 46.1 Å². The molecular formula is C14H23ClN4O. The van der Waals surface area contributed by atoms with Crippen LogP contribution in [-0.4, -0.2) is 16.9 Å². The monoisotopic (exact) mass is 298 g/mol. The van der Waals surface area contributed by atoms with Crippen molar-refractivity contribution in [2.24, 2.45) is 11.8 Å². The molecule has 0 aromatic carbocycles. The Labute approximate surface area is 125 Å². The third kappa shape index (κ3) is 5.35. The highest BCUT2D eigenvalue weighted by atomic mass is 35.5. The second kappa shape index (κ2) is 8.07. The van der Waals surface area contributed by atoms with E-state index in [1.54, 1.807) is 12.1 Å². The minimum atomic E-state index is -0.274. The Hall–Kier alpha value is -1.33. The van der Waals surface area contributed by atoms with Gasteiger partial charge in [0.05, 0.1) is 5.02 Å². The van der Waals surface area contributed by atoms with Crippen molar-refractivity contribution >= 4 is 23.3 Å². The van der Waals surface area contributed by atoms with Gasteiger partial charge in [-0.05, 0) is 31.4 Å². The first-order valence-corrected chi connectivity index (χ1v) is 7.25. The van der Waals surface area contributed by atoms with Crippen molar-refractivity contribution in [1.29, 1.82) is 0 Å². The van der Waals surface area contributed by atoms with Crippen LogP contribution in [0.1, 0.15) is 50.5 Å². The molecule has 4 N–H and O–H groups in total. The van der Waals surface area contributed by atoms with E-state index in [0.717, 1.165) is 19.3 Å². The lowest BCUT2D eigenvalue weighted by Gasteiger charge is -2.15. The number of hydrogen-bond acceptors (Lipinski definition) is 4. The van der Waals surface area contributed by atoms with E-state index >= 15 is 0 Å². The minimum absolute atomic E-state index is 0.0913. The number of aromatic nitrogens is 1. The first-order chi connectivity index (χ1) is 9.43. The summed E-state index contributed by atoms with van der Waals surface area (Å²) in [6.07, 6.45) is 3.19. The Morgan fingerprint density at radius 1 is 1.35 bits per heavy atom. The molecule has 0 radical (unpaired) electrons. The zero-order chi connectivity index (χ0) is 15.1. The number of halogens is 1. The van der Waals surface area contributed by atoms with Gasteiger partial charge in [0.25, 0.3) is 5.91 Å². The van der Waals surface area contributed by atoms with Crippen molar-refractivity contribution in [3.05, 3.63) is 22.8 Å². The lowest BCUT2D eigenvalue weighted by Crippen LogP contribution is -2.33. The van der Waals surface area contributed by atoms with Gasteiger partial charge in [-0.25, -0.2) is 10.8 Å². The molecule has 0 bridgehead atoms. The molecule has 112 valence electrons. The van der Waals surface area contributed by atoms with E-state index in [4.69, 9.17) is 17.4 Å². The van der Waals surface area contributed by atoms with E-state index in [9.17, 15) is 4.79 Å². The Balaban J connectivity index is 2.57. The molecule has 1 atom stereocenters. The molecule has 0 saturated carbocycles. The fraction of sp³-hybridized carbons (Fsp3) is 0.571. The number of anilines is 1. The molecule has 6 heteroatoms. The number of pyridine rings is 1. The lowest BCUT2D eigenvalue weighted by molar-refractivity contribution is 0.0933. The zero-order valence-electron chi connectivity index (χ0n) is 12.2. The highest BCUT2D eigenvalue weighted by Gasteiger charge is 2.15. The van der Waals surface area contributed by atoms with E-state index in [1.165, 1.54) is 0 Å². The van der Waals surface area contributed by atoms with Crippen LogP contribution in [0.25, 0.3) is 0 Å². The number of nitrogen functional groups attached to an aromatic ring is 1. The molecule has 1 unspecified atom stereocenters. The number of hydrazine groups is 1. The summed E-state index contributed by atoms with van der Waals surface area (Å²) in [5.74, 6) is 6.09. The van der Waals surface area contributed by atoms with E-state index < -0.39 is 0 Å². The standard InChI is InChI=1S/C14H23ClN4O/c1-9(2)5-4-6-10(3)17-14(20)13-11(15)7-8-12(18-13)19-16/h7-10H,4-6,16H2,1-3H3,(H,17,20)(H,18,19). The van der Waals surface area contributed by atoms with Gasteiger partial charge in [0.2, 0.25) is 0 Å². The number of carbonyl (C=O) groups excluding carboxylic acids is 1. The van der Waals surface area contributed by atoms with Gasteiger partial charge in [-0.15, -0.1) is 0 Å².